The normalized spacial score (nSPS) is 11.3. The lowest BCUT2D eigenvalue weighted by Crippen LogP contribution is -2.26. The molecule has 0 bridgehead atoms. The maximum absolute atomic E-state index is 11.4. The van der Waals surface area contributed by atoms with Gasteiger partial charge in [0.25, 0.3) is 0 Å². The van der Waals surface area contributed by atoms with Gasteiger partial charge in [0.15, 0.2) is 0 Å². The van der Waals surface area contributed by atoms with Crippen LogP contribution >= 0.6 is 10.7 Å². The molecule has 9 nitrogen and oxygen atoms in total. The van der Waals surface area contributed by atoms with Crippen molar-refractivity contribution >= 4 is 25.8 Å². The lowest BCUT2D eigenvalue weighted by Gasteiger charge is -2.08. The van der Waals surface area contributed by atoms with Crippen LogP contribution in [0.4, 0.5) is 4.79 Å². The summed E-state index contributed by atoms with van der Waals surface area (Å²) in [5.74, 6) is -0.231. The second-order valence-corrected chi connectivity index (χ2v) is 7.99. The van der Waals surface area contributed by atoms with Gasteiger partial charge in [-0.05, 0) is 5.56 Å². The Kier molecular flexibility index (Phi) is 12.8. The Hall–Kier alpha value is -1.43. The lowest BCUT2D eigenvalue weighted by molar-refractivity contribution is -0.0239. The average molecular weight is 426 g/mol. The smallest absolute Gasteiger partial charge is 0.431 e. The van der Waals surface area contributed by atoms with E-state index in [1.807, 2.05) is 30.3 Å². The highest BCUT2D eigenvalue weighted by molar-refractivity contribution is 8.13. The van der Waals surface area contributed by atoms with E-state index in [2.05, 4.69) is 5.48 Å². The van der Waals surface area contributed by atoms with Crippen LogP contribution in [0.3, 0.4) is 0 Å². The summed E-state index contributed by atoms with van der Waals surface area (Å²) >= 11 is 0. The Morgan fingerprint density at radius 2 is 1.44 bits per heavy atom. The first-order chi connectivity index (χ1) is 13.0. The first kappa shape index (κ1) is 23.6. The lowest BCUT2D eigenvalue weighted by atomic mass is 10.2. The molecule has 0 heterocycles. The second kappa shape index (κ2) is 14.6. The Labute approximate surface area is 163 Å². The first-order valence-electron chi connectivity index (χ1n) is 8.21. The molecule has 0 saturated heterocycles. The molecule has 0 atom stereocenters. The second-order valence-electron chi connectivity index (χ2n) is 5.09. The third kappa shape index (κ3) is 15.3. The molecule has 0 saturated carbocycles. The molecule has 11 heteroatoms. The van der Waals surface area contributed by atoms with Crippen molar-refractivity contribution < 1.29 is 37.0 Å². The molecule has 154 valence electrons. The maximum atomic E-state index is 11.4. The number of hydroxylamine groups is 1. The van der Waals surface area contributed by atoms with E-state index in [-0.39, 0.29) is 38.8 Å². The van der Waals surface area contributed by atoms with Crippen LogP contribution in [0.1, 0.15) is 5.56 Å². The summed E-state index contributed by atoms with van der Waals surface area (Å²) in [7, 11) is 1.51. The Morgan fingerprint density at radius 3 is 2.04 bits per heavy atom. The quantitative estimate of drug-likeness (QED) is 0.255. The van der Waals surface area contributed by atoms with Crippen molar-refractivity contribution in [1.82, 2.24) is 5.48 Å². The van der Waals surface area contributed by atoms with Crippen LogP contribution in [0.2, 0.25) is 0 Å². The van der Waals surface area contributed by atoms with Gasteiger partial charge in [-0.2, -0.15) is 5.48 Å². The van der Waals surface area contributed by atoms with Crippen molar-refractivity contribution in [3.8, 4) is 0 Å². The van der Waals surface area contributed by atoms with Gasteiger partial charge in [0, 0.05) is 10.7 Å². The highest BCUT2D eigenvalue weighted by atomic mass is 35.7. The predicted molar refractivity (Wildman–Crippen MR) is 97.8 cm³/mol. The van der Waals surface area contributed by atoms with Crippen molar-refractivity contribution in [1.29, 1.82) is 0 Å². The molecule has 27 heavy (non-hydrogen) atoms. The van der Waals surface area contributed by atoms with Crippen LogP contribution in [0.5, 0.6) is 0 Å². The van der Waals surface area contributed by atoms with Gasteiger partial charge >= 0.3 is 6.09 Å². The fourth-order valence-corrected chi connectivity index (χ4v) is 2.17. The van der Waals surface area contributed by atoms with Crippen molar-refractivity contribution in [2.45, 2.75) is 6.61 Å². The minimum atomic E-state index is -3.52. The van der Waals surface area contributed by atoms with E-state index in [0.29, 0.717) is 19.8 Å². The SMILES string of the molecule is O=C(NOCCOCCOCCOCCS(=O)(=O)Cl)OCc1ccccc1. The van der Waals surface area contributed by atoms with E-state index in [9.17, 15) is 13.2 Å². The summed E-state index contributed by atoms with van der Waals surface area (Å²) in [6.07, 6.45) is -0.677. The molecular formula is C16H24ClNO8S. The number of carbonyl (C=O) groups is 1. The number of nitrogens with one attached hydrogen (secondary N) is 1. The number of halogens is 1. The number of ether oxygens (including phenoxy) is 4. The molecule has 1 amide bonds. The molecule has 0 aliphatic rings. The molecule has 1 N–H and O–H groups in total. The van der Waals surface area contributed by atoms with Crippen LogP contribution in [0.15, 0.2) is 30.3 Å². The minimum absolute atomic E-state index is 0.0316. The predicted octanol–water partition coefficient (Wildman–Crippen LogP) is 1.46. The topological polar surface area (TPSA) is 109 Å². The van der Waals surface area contributed by atoms with Crippen molar-refractivity contribution in [2.75, 3.05) is 52.0 Å². The molecular weight excluding hydrogens is 402 g/mol. The summed E-state index contributed by atoms with van der Waals surface area (Å²) in [6, 6.07) is 9.29. The number of benzene rings is 1. The van der Waals surface area contributed by atoms with Gasteiger partial charge in [-0.15, -0.1) is 0 Å². The number of carbonyl (C=O) groups excluding carboxylic acids is 1. The van der Waals surface area contributed by atoms with Crippen molar-refractivity contribution in [3.63, 3.8) is 0 Å². The molecule has 1 aromatic rings. The molecule has 0 aliphatic carbocycles. The monoisotopic (exact) mass is 425 g/mol. The summed E-state index contributed by atoms with van der Waals surface area (Å²) in [5, 5.41) is 0. The molecule has 0 radical (unpaired) electrons. The van der Waals surface area contributed by atoms with Gasteiger partial charge < -0.3 is 18.9 Å². The van der Waals surface area contributed by atoms with E-state index in [4.69, 9.17) is 34.5 Å². The van der Waals surface area contributed by atoms with E-state index in [0.717, 1.165) is 5.56 Å². The zero-order valence-corrected chi connectivity index (χ0v) is 16.4. The van der Waals surface area contributed by atoms with Gasteiger partial charge in [-0.1, -0.05) is 30.3 Å². The number of amides is 1. The van der Waals surface area contributed by atoms with E-state index >= 15 is 0 Å². The summed E-state index contributed by atoms with van der Waals surface area (Å²) < 4.78 is 41.7. The van der Waals surface area contributed by atoms with Crippen LogP contribution in [0.25, 0.3) is 0 Å². The Bertz CT molecular complexity index is 614. The molecule has 1 aromatic carbocycles. The number of hydrogen-bond donors (Lipinski definition) is 1. The van der Waals surface area contributed by atoms with E-state index in [1.165, 1.54) is 0 Å². The van der Waals surface area contributed by atoms with Crippen molar-refractivity contribution in [3.05, 3.63) is 35.9 Å². The molecule has 0 unspecified atom stereocenters. The van der Waals surface area contributed by atoms with Gasteiger partial charge in [0.05, 0.1) is 52.0 Å². The average Bonchev–Trinajstić information content (AvgIpc) is 2.63. The summed E-state index contributed by atoms with van der Waals surface area (Å²) in [6.45, 7) is 1.91. The third-order valence-electron chi connectivity index (χ3n) is 2.91. The third-order valence-corrected chi connectivity index (χ3v) is 4.03. The van der Waals surface area contributed by atoms with E-state index < -0.39 is 15.1 Å². The van der Waals surface area contributed by atoms with Crippen LogP contribution < -0.4 is 5.48 Å². The van der Waals surface area contributed by atoms with Gasteiger partial charge in [-0.3, -0.25) is 4.84 Å². The largest absolute Gasteiger partial charge is 0.443 e. The molecule has 0 spiro atoms. The highest BCUT2D eigenvalue weighted by Crippen LogP contribution is 2.00. The van der Waals surface area contributed by atoms with Gasteiger partial charge in [-0.25, -0.2) is 13.2 Å². The molecule has 0 fully saturated rings. The number of hydrogen-bond acceptors (Lipinski definition) is 8. The van der Waals surface area contributed by atoms with Crippen LogP contribution in [0, 0.1) is 0 Å². The van der Waals surface area contributed by atoms with Crippen molar-refractivity contribution in [2.24, 2.45) is 0 Å². The van der Waals surface area contributed by atoms with Gasteiger partial charge in [0.1, 0.15) is 6.61 Å². The first-order valence-corrected chi connectivity index (χ1v) is 10.7. The fraction of sp³-hybridized carbons (Fsp3) is 0.562. The highest BCUT2D eigenvalue weighted by Gasteiger charge is 2.04. The number of rotatable bonds is 15. The van der Waals surface area contributed by atoms with E-state index in [1.54, 1.807) is 0 Å². The fourth-order valence-electron chi connectivity index (χ4n) is 1.66. The summed E-state index contributed by atoms with van der Waals surface area (Å²) in [4.78, 5) is 16.3. The molecule has 0 aliphatic heterocycles. The minimum Gasteiger partial charge on any atom is -0.443 e. The van der Waals surface area contributed by atoms with Crippen LogP contribution in [-0.2, 0) is 39.4 Å². The standard InChI is InChI=1S/C16H24ClNO8S/c17-27(20,21)13-12-24-9-8-22-6-7-23-10-11-26-18-16(19)25-14-15-4-2-1-3-5-15/h1-5H,6-14H2,(H,18,19). The maximum Gasteiger partial charge on any atom is 0.431 e. The van der Waals surface area contributed by atoms with Gasteiger partial charge in [0.2, 0.25) is 9.05 Å². The summed E-state index contributed by atoms with van der Waals surface area (Å²) in [5.41, 5.74) is 3.03. The Morgan fingerprint density at radius 1 is 0.889 bits per heavy atom. The molecule has 0 aromatic heterocycles. The zero-order chi connectivity index (χ0) is 19.8. The van der Waals surface area contributed by atoms with Crippen LogP contribution in [-0.4, -0.2) is 66.5 Å². The molecule has 1 rings (SSSR count). The Balaban J connectivity index is 1.81. The zero-order valence-electron chi connectivity index (χ0n) is 14.8.